The van der Waals surface area contributed by atoms with Crippen LogP contribution in [0.2, 0.25) is 0 Å². The number of cyclic esters (lactones) is 1. The quantitative estimate of drug-likeness (QED) is 0.653. The van der Waals surface area contributed by atoms with Gasteiger partial charge >= 0.3 is 12.1 Å². The average Bonchev–Trinajstić information content (AvgIpc) is 2.59. The monoisotopic (exact) mass is 381 g/mol. The Hall–Kier alpha value is -2.90. The van der Waals surface area contributed by atoms with Crippen LogP contribution >= 0.6 is 0 Å². The molecule has 1 heterocycles. The first-order chi connectivity index (χ1) is 12.6. The summed E-state index contributed by atoms with van der Waals surface area (Å²) in [5.74, 6) is -2.43. The number of hydrogen-bond acceptors (Lipinski definition) is 3. The maximum absolute atomic E-state index is 13.2. The second-order valence-electron chi connectivity index (χ2n) is 6.44. The first-order valence-electron chi connectivity index (χ1n) is 8.05. The molecule has 4 nitrogen and oxygen atoms in total. The summed E-state index contributed by atoms with van der Waals surface area (Å²) in [7, 11) is 0. The van der Waals surface area contributed by atoms with Crippen LogP contribution in [0.3, 0.4) is 0 Å². The van der Waals surface area contributed by atoms with Gasteiger partial charge in [0.1, 0.15) is 5.82 Å². The summed E-state index contributed by atoms with van der Waals surface area (Å²) in [5, 5.41) is 2.35. The minimum Gasteiger partial charge on any atom is -0.445 e. The van der Waals surface area contributed by atoms with Gasteiger partial charge in [-0.05, 0) is 36.2 Å². The molecule has 0 saturated carbocycles. The number of benzene rings is 2. The van der Waals surface area contributed by atoms with Gasteiger partial charge in [-0.1, -0.05) is 24.3 Å². The fourth-order valence-electron chi connectivity index (χ4n) is 2.99. The molecule has 0 radical (unpaired) electrons. The van der Waals surface area contributed by atoms with E-state index in [1.165, 1.54) is 6.92 Å². The number of amides is 1. The van der Waals surface area contributed by atoms with Gasteiger partial charge in [0.15, 0.2) is 5.60 Å². The van der Waals surface area contributed by atoms with Crippen molar-refractivity contribution >= 4 is 11.9 Å². The van der Waals surface area contributed by atoms with E-state index in [0.29, 0.717) is 17.2 Å². The number of carbonyl (C=O) groups excluding carboxylic acids is 2. The Morgan fingerprint density at radius 3 is 2.63 bits per heavy atom. The zero-order valence-electron chi connectivity index (χ0n) is 14.2. The molecule has 8 heteroatoms. The number of ether oxygens (including phenoxy) is 1. The average molecular weight is 381 g/mol. The highest BCUT2D eigenvalue weighted by atomic mass is 19.4. The number of esters is 1. The van der Waals surface area contributed by atoms with Crippen molar-refractivity contribution in [3.63, 3.8) is 0 Å². The van der Waals surface area contributed by atoms with Gasteiger partial charge in [0, 0.05) is 13.0 Å². The Balaban J connectivity index is 1.78. The lowest BCUT2D eigenvalue weighted by Gasteiger charge is -2.33. The van der Waals surface area contributed by atoms with Gasteiger partial charge in [0.2, 0.25) is 0 Å². The van der Waals surface area contributed by atoms with Gasteiger partial charge in [-0.15, -0.1) is 0 Å². The summed E-state index contributed by atoms with van der Waals surface area (Å²) in [6.45, 7) is 0.911. The summed E-state index contributed by atoms with van der Waals surface area (Å²) >= 11 is 0. The molecule has 0 fully saturated rings. The maximum Gasteiger partial charge on any atom is 0.416 e. The van der Waals surface area contributed by atoms with Crippen molar-refractivity contribution in [3.05, 3.63) is 70.5 Å². The third kappa shape index (κ3) is 3.79. The summed E-state index contributed by atoms with van der Waals surface area (Å²) in [4.78, 5) is 24.6. The number of halogens is 4. The van der Waals surface area contributed by atoms with Crippen molar-refractivity contribution in [2.45, 2.75) is 31.7 Å². The number of carbonyl (C=O) groups is 2. The lowest BCUT2D eigenvalue weighted by Crippen LogP contribution is -2.51. The minimum atomic E-state index is -4.76. The topological polar surface area (TPSA) is 55.4 Å². The first-order valence-corrected chi connectivity index (χ1v) is 8.05. The molecule has 142 valence electrons. The van der Waals surface area contributed by atoms with Crippen molar-refractivity contribution in [1.82, 2.24) is 5.32 Å². The fourth-order valence-corrected chi connectivity index (χ4v) is 2.99. The van der Waals surface area contributed by atoms with E-state index in [1.54, 1.807) is 24.3 Å². The summed E-state index contributed by atoms with van der Waals surface area (Å²) in [6, 6.07) is 8.85. The van der Waals surface area contributed by atoms with Crippen LogP contribution in [0.15, 0.2) is 42.5 Å². The highest BCUT2D eigenvalue weighted by molar-refractivity contribution is 5.97. The molecule has 1 aliphatic rings. The second-order valence-corrected chi connectivity index (χ2v) is 6.44. The molecule has 0 aromatic heterocycles. The number of fused-ring (bicyclic) bond motifs is 1. The van der Waals surface area contributed by atoms with E-state index in [1.807, 2.05) is 0 Å². The Morgan fingerprint density at radius 1 is 1.22 bits per heavy atom. The van der Waals surface area contributed by atoms with Crippen LogP contribution in [0.5, 0.6) is 0 Å². The van der Waals surface area contributed by atoms with Gasteiger partial charge < -0.3 is 10.1 Å². The first kappa shape index (κ1) is 18.9. The SMILES string of the molecule is CC1(C(=O)NCc2ccc(F)cc2C(F)(F)F)Cc2ccccc2C(=O)O1. The molecular formula is C19H15F4NO3. The van der Waals surface area contributed by atoms with Gasteiger partial charge in [0.05, 0.1) is 11.1 Å². The predicted octanol–water partition coefficient (Wildman–Crippen LogP) is 3.63. The highest BCUT2D eigenvalue weighted by Crippen LogP contribution is 2.33. The zero-order valence-corrected chi connectivity index (χ0v) is 14.2. The lowest BCUT2D eigenvalue weighted by molar-refractivity contribution is -0.141. The third-order valence-electron chi connectivity index (χ3n) is 4.38. The van der Waals surface area contributed by atoms with E-state index in [9.17, 15) is 27.2 Å². The van der Waals surface area contributed by atoms with E-state index in [0.717, 1.165) is 12.1 Å². The molecule has 1 aliphatic heterocycles. The lowest BCUT2D eigenvalue weighted by atomic mass is 9.89. The van der Waals surface area contributed by atoms with E-state index in [4.69, 9.17) is 4.74 Å². The number of rotatable bonds is 3. The standard InChI is InChI=1S/C19H15F4NO3/c1-18(9-11-4-2-3-5-14(11)16(25)27-18)17(26)24-10-12-6-7-13(20)8-15(12)19(21,22)23/h2-8H,9-10H2,1H3,(H,24,26). The molecular weight excluding hydrogens is 366 g/mol. The molecule has 3 rings (SSSR count). The molecule has 0 saturated heterocycles. The van der Waals surface area contributed by atoms with Crippen LogP contribution in [-0.2, 0) is 28.7 Å². The van der Waals surface area contributed by atoms with Crippen LogP contribution in [0.25, 0.3) is 0 Å². The molecule has 2 aromatic rings. The molecule has 1 N–H and O–H groups in total. The van der Waals surface area contributed by atoms with Crippen LogP contribution in [-0.4, -0.2) is 17.5 Å². The van der Waals surface area contributed by atoms with Crippen LogP contribution in [0.1, 0.15) is 34.0 Å². The van der Waals surface area contributed by atoms with Crippen molar-refractivity contribution in [2.75, 3.05) is 0 Å². The molecule has 0 aliphatic carbocycles. The van der Waals surface area contributed by atoms with Gasteiger partial charge in [-0.3, -0.25) is 4.79 Å². The fraction of sp³-hybridized carbons (Fsp3) is 0.263. The zero-order chi connectivity index (χ0) is 19.8. The summed E-state index contributed by atoms with van der Waals surface area (Å²) in [5.41, 5.74) is -2.05. The Labute approximate surface area is 152 Å². The highest BCUT2D eigenvalue weighted by Gasteiger charge is 2.42. The molecule has 2 aromatic carbocycles. The Kier molecular flexibility index (Phi) is 4.67. The largest absolute Gasteiger partial charge is 0.445 e. The van der Waals surface area contributed by atoms with E-state index < -0.39 is 41.6 Å². The van der Waals surface area contributed by atoms with Crippen LogP contribution in [0.4, 0.5) is 17.6 Å². The number of nitrogens with one attached hydrogen (secondary N) is 1. The van der Waals surface area contributed by atoms with Crippen molar-refractivity contribution in [2.24, 2.45) is 0 Å². The second kappa shape index (κ2) is 6.68. The maximum atomic E-state index is 13.2. The molecule has 0 bridgehead atoms. The molecule has 1 amide bonds. The smallest absolute Gasteiger partial charge is 0.416 e. The molecule has 1 unspecified atom stereocenters. The third-order valence-corrected chi connectivity index (χ3v) is 4.38. The normalized spacial score (nSPS) is 19.2. The minimum absolute atomic E-state index is 0.0935. The Morgan fingerprint density at radius 2 is 1.93 bits per heavy atom. The van der Waals surface area contributed by atoms with E-state index in [2.05, 4.69) is 5.32 Å². The summed E-state index contributed by atoms with van der Waals surface area (Å²) < 4.78 is 57.6. The van der Waals surface area contributed by atoms with E-state index in [-0.39, 0.29) is 12.0 Å². The number of alkyl halides is 3. The molecule has 27 heavy (non-hydrogen) atoms. The molecule has 1 atom stereocenters. The van der Waals surface area contributed by atoms with Gasteiger partial charge in [-0.25, -0.2) is 9.18 Å². The van der Waals surface area contributed by atoms with Crippen LogP contribution < -0.4 is 5.32 Å². The molecule has 0 spiro atoms. The predicted molar refractivity (Wildman–Crippen MR) is 87.2 cm³/mol. The van der Waals surface area contributed by atoms with Gasteiger partial charge in [-0.2, -0.15) is 13.2 Å². The van der Waals surface area contributed by atoms with Crippen molar-refractivity contribution in [1.29, 1.82) is 0 Å². The van der Waals surface area contributed by atoms with Crippen LogP contribution in [0, 0.1) is 5.82 Å². The van der Waals surface area contributed by atoms with Gasteiger partial charge in [0.25, 0.3) is 5.91 Å². The van der Waals surface area contributed by atoms with E-state index >= 15 is 0 Å². The summed E-state index contributed by atoms with van der Waals surface area (Å²) in [6.07, 6.45) is -4.67. The van der Waals surface area contributed by atoms with Crippen molar-refractivity contribution in [3.8, 4) is 0 Å². The number of hydrogen-bond donors (Lipinski definition) is 1. The van der Waals surface area contributed by atoms with Crippen molar-refractivity contribution < 1.29 is 31.9 Å². The Bertz CT molecular complexity index is 910.